The van der Waals surface area contributed by atoms with Crippen molar-refractivity contribution in [1.82, 2.24) is 0 Å². The highest BCUT2D eigenvalue weighted by Crippen LogP contribution is 2.17. The Hall–Kier alpha value is -0.830. The third kappa shape index (κ3) is 3.63. The molecule has 1 aromatic carbocycles. The van der Waals surface area contributed by atoms with E-state index in [1.807, 2.05) is 6.92 Å². The molecule has 1 unspecified atom stereocenters. The van der Waals surface area contributed by atoms with Crippen molar-refractivity contribution < 1.29 is 9.53 Å². The van der Waals surface area contributed by atoms with Gasteiger partial charge in [-0.3, -0.25) is 4.79 Å². The molecular weight excluding hydrogens is 268 g/mol. The Morgan fingerprint density at radius 1 is 1.44 bits per heavy atom. The zero-order valence-electron chi connectivity index (χ0n) is 9.92. The minimum Gasteiger partial charge on any atom is -0.465 e. The number of hydrogen-bond donors (Lipinski definition) is 0. The fraction of sp³-hybridized carbons (Fsp3) is 0.462. The average Bonchev–Trinajstić information content (AvgIpc) is 2.23. The summed E-state index contributed by atoms with van der Waals surface area (Å²) in [7, 11) is 0. The summed E-state index contributed by atoms with van der Waals surface area (Å²) in [5.41, 5.74) is 3.61. The van der Waals surface area contributed by atoms with Gasteiger partial charge in [0.1, 0.15) is 4.83 Å². The molecule has 0 saturated carbocycles. The van der Waals surface area contributed by atoms with E-state index >= 15 is 0 Å². The number of hydrogen-bond acceptors (Lipinski definition) is 2. The van der Waals surface area contributed by atoms with Crippen molar-refractivity contribution in [3.63, 3.8) is 0 Å². The van der Waals surface area contributed by atoms with E-state index in [1.165, 1.54) is 16.7 Å². The number of esters is 1. The number of carbonyl (C=O) groups excluding carboxylic acids is 1. The average molecular weight is 285 g/mol. The first-order chi connectivity index (χ1) is 7.54. The SMILES string of the molecule is CCOC(=O)C(Br)Cc1cc(C)ccc1C. The molecular formula is C13H17BrO2. The summed E-state index contributed by atoms with van der Waals surface area (Å²) in [6.45, 7) is 6.35. The van der Waals surface area contributed by atoms with E-state index in [9.17, 15) is 4.79 Å². The number of halogens is 1. The second-order valence-corrected chi connectivity index (χ2v) is 4.96. The van der Waals surface area contributed by atoms with Crippen LogP contribution < -0.4 is 0 Å². The topological polar surface area (TPSA) is 26.3 Å². The normalized spacial score (nSPS) is 12.2. The van der Waals surface area contributed by atoms with Crippen LogP contribution in [-0.2, 0) is 16.0 Å². The minimum absolute atomic E-state index is 0.191. The molecule has 88 valence electrons. The molecule has 0 aromatic heterocycles. The van der Waals surface area contributed by atoms with Gasteiger partial charge in [0, 0.05) is 0 Å². The Morgan fingerprint density at radius 3 is 2.75 bits per heavy atom. The smallest absolute Gasteiger partial charge is 0.320 e. The van der Waals surface area contributed by atoms with Gasteiger partial charge in [0.25, 0.3) is 0 Å². The summed E-state index contributed by atoms with van der Waals surface area (Å²) >= 11 is 3.37. The second-order valence-electron chi connectivity index (χ2n) is 3.85. The van der Waals surface area contributed by atoms with Gasteiger partial charge in [-0.2, -0.15) is 0 Å². The lowest BCUT2D eigenvalue weighted by molar-refractivity contribution is -0.142. The van der Waals surface area contributed by atoms with Gasteiger partial charge in [0.05, 0.1) is 6.61 Å². The number of ether oxygens (including phenoxy) is 1. The quantitative estimate of drug-likeness (QED) is 0.627. The number of benzene rings is 1. The highest BCUT2D eigenvalue weighted by atomic mass is 79.9. The first-order valence-corrected chi connectivity index (χ1v) is 6.33. The van der Waals surface area contributed by atoms with Crippen molar-refractivity contribution >= 4 is 21.9 Å². The molecule has 0 spiro atoms. The summed E-state index contributed by atoms with van der Waals surface area (Å²) < 4.78 is 4.96. The van der Waals surface area contributed by atoms with Crippen molar-refractivity contribution in [2.24, 2.45) is 0 Å². The lowest BCUT2D eigenvalue weighted by Gasteiger charge is -2.11. The fourth-order valence-corrected chi connectivity index (χ4v) is 2.01. The molecule has 0 amide bonds. The van der Waals surface area contributed by atoms with Gasteiger partial charge in [-0.15, -0.1) is 0 Å². The van der Waals surface area contributed by atoms with E-state index in [0.29, 0.717) is 13.0 Å². The van der Waals surface area contributed by atoms with E-state index in [1.54, 1.807) is 0 Å². The van der Waals surface area contributed by atoms with E-state index < -0.39 is 0 Å². The molecule has 3 heteroatoms. The van der Waals surface area contributed by atoms with Crippen LogP contribution >= 0.6 is 15.9 Å². The fourth-order valence-electron chi connectivity index (χ4n) is 1.53. The number of carbonyl (C=O) groups is 1. The van der Waals surface area contributed by atoms with Crippen LogP contribution in [0.4, 0.5) is 0 Å². The Balaban J connectivity index is 2.72. The molecule has 1 aromatic rings. The maximum Gasteiger partial charge on any atom is 0.320 e. The Kier molecular flexibility index (Phi) is 5.00. The second kappa shape index (κ2) is 6.04. The molecule has 0 radical (unpaired) electrons. The summed E-state index contributed by atoms with van der Waals surface area (Å²) in [4.78, 5) is 11.2. The van der Waals surface area contributed by atoms with Gasteiger partial charge in [0.2, 0.25) is 0 Å². The van der Waals surface area contributed by atoms with Crippen molar-refractivity contribution in [3.8, 4) is 0 Å². The third-order valence-corrected chi connectivity index (χ3v) is 3.14. The Labute approximate surface area is 105 Å². The van der Waals surface area contributed by atoms with Gasteiger partial charge < -0.3 is 4.74 Å². The summed E-state index contributed by atoms with van der Waals surface area (Å²) in [5, 5.41) is 0. The minimum atomic E-state index is -0.257. The number of rotatable bonds is 4. The lowest BCUT2D eigenvalue weighted by Crippen LogP contribution is -2.20. The van der Waals surface area contributed by atoms with Crippen LogP contribution in [0.2, 0.25) is 0 Å². The van der Waals surface area contributed by atoms with Crippen LogP contribution in [0, 0.1) is 13.8 Å². The van der Waals surface area contributed by atoms with Crippen LogP contribution in [-0.4, -0.2) is 17.4 Å². The van der Waals surface area contributed by atoms with Crippen molar-refractivity contribution in [3.05, 3.63) is 34.9 Å². The molecule has 2 nitrogen and oxygen atoms in total. The van der Waals surface area contributed by atoms with Crippen molar-refractivity contribution in [1.29, 1.82) is 0 Å². The van der Waals surface area contributed by atoms with Crippen molar-refractivity contribution in [2.45, 2.75) is 32.0 Å². The van der Waals surface area contributed by atoms with E-state index in [4.69, 9.17) is 4.74 Å². The van der Waals surface area contributed by atoms with Gasteiger partial charge in [-0.1, -0.05) is 39.7 Å². The molecule has 16 heavy (non-hydrogen) atoms. The molecule has 0 saturated heterocycles. The van der Waals surface area contributed by atoms with Crippen LogP contribution in [0.3, 0.4) is 0 Å². The molecule has 0 aliphatic heterocycles. The maximum absolute atomic E-state index is 11.5. The molecule has 0 fully saturated rings. The lowest BCUT2D eigenvalue weighted by atomic mass is 10.0. The molecule has 0 aliphatic rings. The van der Waals surface area contributed by atoms with Crippen LogP contribution in [0.15, 0.2) is 18.2 Å². The molecule has 0 heterocycles. The highest BCUT2D eigenvalue weighted by molar-refractivity contribution is 9.10. The van der Waals surface area contributed by atoms with Crippen LogP contribution in [0.25, 0.3) is 0 Å². The standard InChI is InChI=1S/C13H17BrO2/c1-4-16-13(15)12(14)8-11-7-9(2)5-6-10(11)3/h5-7,12H,4,8H2,1-3H3. The molecule has 0 bridgehead atoms. The van der Waals surface area contributed by atoms with Gasteiger partial charge in [-0.25, -0.2) is 0 Å². The summed E-state index contributed by atoms with van der Waals surface area (Å²) in [6, 6.07) is 6.27. The number of alkyl halides is 1. The van der Waals surface area contributed by atoms with Crippen LogP contribution in [0.1, 0.15) is 23.6 Å². The summed E-state index contributed by atoms with van der Waals surface area (Å²) in [6.07, 6.45) is 0.673. The third-order valence-electron chi connectivity index (χ3n) is 2.45. The van der Waals surface area contributed by atoms with Crippen molar-refractivity contribution in [2.75, 3.05) is 6.61 Å². The summed E-state index contributed by atoms with van der Waals surface area (Å²) in [5.74, 6) is -0.191. The Morgan fingerprint density at radius 2 is 2.12 bits per heavy atom. The predicted octanol–water partition coefficient (Wildman–Crippen LogP) is 3.17. The van der Waals surface area contributed by atoms with Gasteiger partial charge >= 0.3 is 5.97 Å². The zero-order valence-corrected chi connectivity index (χ0v) is 11.5. The highest BCUT2D eigenvalue weighted by Gasteiger charge is 2.17. The van der Waals surface area contributed by atoms with Gasteiger partial charge in [0.15, 0.2) is 0 Å². The largest absolute Gasteiger partial charge is 0.465 e. The first kappa shape index (κ1) is 13.2. The monoisotopic (exact) mass is 284 g/mol. The van der Waals surface area contributed by atoms with Crippen LogP contribution in [0.5, 0.6) is 0 Å². The molecule has 1 rings (SSSR count). The molecule has 1 atom stereocenters. The zero-order chi connectivity index (χ0) is 12.1. The maximum atomic E-state index is 11.5. The molecule has 0 N–H and O–H groups in total. The van der Waals surface area contributed by atoms with E-state index in [-0.39, 0.29) is 10.8 Å². The first-order valence-electron chi connectivity index (χ1n) is 5.41. The Bertz CT molecular complexity index is 374. The van der Waals surface area contributed by atoms with E-state index in [0.717, 1.165) is 0 Å². The predicted molar refractivity (Wildman–Crippen MR) is 69.0 cm³/mol. The van der Waals surface area contributed by atoms with E-state index in [2.05, 4.69) is 48.0 Å². The molecule has 0 aliphatic carbocycles. The van der Waals surface area contributed by atoms with Gasteiger partial charge in [-0.05, 0) is 38.3 Å². The number of aryl methyl sites for hydroxylation is 2.